The highest BCUT2D eigenvalue weighted by atomic mass is 35.5. The number of hydrogen-bond donors (Lipinski definition) is 2. The van der Waals surface area contributed by atoms with Crippen molar-refractivity contribution in [1.29, 1.82) is 0 Å². The molecule has 0 bridgehead atoms. The van der Waals surface area contributed by atoms with Crippen LogP contribution in [0.3, 0.4) is 0 Å². The SMILES string of the molecule is [B]OC=NC(=NCCC[C@H]1CN(CCc2ccc3ccccc3c2)CCN1C(=O)[C@@H](Cc1ccc(Cl)cc1Cl)NC([B])=O)NC([B])=O. The fraction of sp³-hybridized carbons (Fsp3) is 0.344. The first-order chi connectivity index (χ1) is 22.6. The van der Waals surface area contributed by atoms with E-state index in [1.54, 1.807) is 23.1 Å². The molecule has 238 valence electrons. The first kappa shape index (κ1) is 36.0. The lowest BCUT2D eigenvalue weighted by molar-refractivity contribution is -0.138. The van der Waals surface area contributed by atoms with Crippen LogP contribution in [0.15, 0.2) is 70.6 Å². The zero-order chi connectivity index (χ0) is 33.8. The van der Waals surface area contributed by atoms with Crippen LogP contribution in [-0.2, 0) is 22.3 Å². The summed E-state index contributed by atoms with van der Waals surface area (Å²) >= 11 is 12.5. The second-order valence-corrected chi connectivity index (χ2v) is 12.0. The summed E-state index contributed by atoms with van der Waals surface area (Å²) < 4.78 is 4.32. The van der Waals surface area contributed by atoms with Crippen LogP contribution in [0, 0.1) is 0 Å². The smallest absolute Gasteiger partial charge is 0.375 e. The number of aliphatic imine (C=N–C) groups is 2. The van der Waals surface area contributed by atoms with Crippen LogP contribution in [-0.4, -0.2) is 108 Å². The molecule has 0 aliphatic carbocycles. The van der Waals surface area contributed by atoms with Crippen LogP contribution in [0.25, 0.3) is 10.8 Å². The fourth-order valence-corrected chi connectivity index (χ4v) is 6.12. The van der Waals surface area contributed by atoms with E-state index in [4.69, 9.17) is 46.9 Å². The zero-order valence-electron chi connectivity index (χ0n) is 25.8. The Labute approximate surface area is 288 Å². The van der Waals surface area contributed by atoms with Gasteiger partial charge in [-0.3, -0.25) is 24.3 Å². The van der Waals surface area contributed by atoms with Crippen molar-refractivity contribution in [3.05, 3.63) is 81.8 Å². The Morgan fingerprint density at radius 1 is 1.02 bits per heavy atom. The maximum Gasteiger partial charge on any atom is 0.375 e. The van der Waals surface area contributed by atoms with Gasteiger partial charge in [-0.15, -0.1) is 0 Å². The van der Waals surface area contributed by atoms with Crippen molar-refractivity contribution < 1.29 is 19.0 Å². The van der Waals surface area contributed by atoms with Gasteiger partial charge in [0, 0.05) is 55.2 Å². The molecule has 15 heteroatoms. The predicted molar refractivity (Wildman–Crippen MR) is 189 cm³/mol. The van der Waals surface area contributed by atoms with Crippen LogP contribution >= 0.6 is 23.2 Å². The van der Waals surface area contributed by atoms with Crippen molar-refractivity contribution >= 4 is 87.6 Å². The Morgan fingerprint density at radius 2 is 1.81 bits per heavy atom. The average molecular weight is 669 g/mol. The number of guanidine groups is 1. The molecule has 47 heavy (non-hydrogen) atoms. The summed E-state index contributed by atoms with van der Waals surface area (Å²) in [6, 6.07) is 18.6. The molecule has 0 spiro atoms. The molecule has 1 aliphatic heterocycles. The van der Waals surface area contributed by atoms with Crippen LogP contribution < -0.4 is 10.6 Å². The number of hydrogen-bond acceptors (Lipinski definition) is 6. The summed E-state index contributed by atoms with van der Waals surface area (Å²) in [6.07, 6.45) is 3.03. The standard InChI is InChI=1S/C32H33B3Cl2N6O4/c33-30(45)40-28(17-24-9-10-25(36)18-27(24)37)29(44)43-15-14-42(13-11-21-7-8-22-4-1-2-5-23(22)16-21)19-26(43)6-3-12-38-32(39-20-47-35)41-31(34)46/h1-2,4-5,7-10,16,18,20,26,28H,3,6,11-15,17,19H2,(H,40,45)(H,38,41,46)/t26-,28+/m0/s1. The van der Waals surface area contributed by atoms with Gasteiger partial charge in [0.1, 0.15) is 6.04 Å². The molecule has 2 atom stereocenters. The van der Waals surface area contributed by atoms with Gasteiger partial charge in [0.05, 0.1) is 0 Å². The maximum atomic E-state index is 14.1. The molecule has 2 N–H and O–H groups in total. The van der Waals surface area contributed by atoms with Gasteiger partial charge in [-0.25, -0.2) is 0 Å². The minimum absolute atomic E-state index is 0.0536. The minimum Gasteiger partial charge on any atom is -0.560 e. The summed E-state index contributed by atoms with van der Waals surface area (Å²) in [6.45, 7) is 2.79. The van der Waals surface area contributed by atoms with Gasteiger partial charge in [0.25, 0.3) is 0 Å². The largest absolute Gasteiger partial charge is 0.560 e. The van der Waals surface area contributed by atoms with Gasteiger partial charge in [0.2, 0.25) is 27.6 Å². The molecule has 0 unspecified atom stereocenters. The van der Waals surface area contributed by atoms with E-state index in [0.29, 0.717) is 48.1 Å². The van der Waals surface area contributed by atoms with Gasteiger partial charge < -0.3 is 20.2 Å². The Bertz CT molecular complexity index is 1630. The van der Waals surface area contributed by atoms with Crippen molar-refractivity contribution in [2.45, 2.75) is 37.8 Å². The Morgan fingerprint density at radius 3 is 2.53 bits per heavy atom. The van der Waals surface area contributed by atoms with E-state index in [2.05, 4.69) is 60.5 Å². The molecule has 3 amide bonds. The predicted octanol–water partition coefficient (Wildman–Crippen LogP) is 3.83. The van der Waals surface area contributed by atoms with Crippen LogP contribution in [0.4, 0.5) is 9.59 Å². The number of amides is 3. The second kappa shape index (κ2) is 17.9. The third-order valence-corrected chi connectivity index (χ3v) is 8.45. The second-order valence-electron chi connectivity index (χ2n) is 11.1. The number of fused-ring (bicyclic) bond motifs is 1. The van der Waals surface area contributed by atoms with E-state index >= 15 is 0 Å². The number of carbonyl (C=O) groups is 3. The van der Waals surface area contributed by atoms with Crippen molar-refractivity contribution in [3.63, 3.8) is 0 Å². The van der Waals surface area contributed by atoms with E-state index in [1.165, 1.54) is 16.3 Å². The molecule has 1 aliphatic rings. The van der Waals surface area contributed by atoms with Crippen LogP contribution in [0.1, 0.15) is 24.0 Å². The van der Waals surface area contributed by atoms with Gasteiger partial charge in [-0.2, -0.15) is 4.99 Å². The van der Waals surface area contributed by atoms with Gasteiger partial charge in [-0.1, -0.05) is 71.7 Å². The average Bonchev–Trinajstić information content (AvgIpc) is 3.04. The van der Waals surface area contributed by atoms with Gasteiger partial charge >= 0.3 is 8.05 Å². The summed E-state index contributed by atoms with van der Waals surface area (Å²) in [5.74, 6) is -1.97. The molecule has 6 radical (unpaired) electrons. The molecule has 3 aromatic carbocycles. The minimum atomic E-state index is -0.937. The number of carbonyl (C=O) groups excluding carboxylic acids is 3. The third-order valence-electron chi connectivity index (χ3n) is 7.86. The van der Waals surface area contributed by atoms with Crippen LogP contribution in [0.2, 0.25) is 10.0 Å². The molecule has 4 rings (SSSR count). The highest BCUT2D eigenvalue weighted by Crippen LogP contribution is 2.24. The van der Waals surface area contributed by atoms with Crippen LogP contribution in [0.5, 0.6) is 0 Å². The Hall–Kier alpha value is -3.80. The molecule has 0 saturated carbocycles. The lowest BCUT2D eigenvalue weighted by Gasteiger charge is -2.43. The molecular weight excluding hydrogens is 636 g/mol. The quantitative estimate of drug-likeness (QED) is 0.132. The van der Waals surface area contributed by atoms with Crippen molar-refractivity contribution in [3.8, 4) is 0 Å². The first-order valence-electron chi connectivity index (χ1n) is 15.1. The normalized spacial score (nSPS) is 16.3. The Balaban J connectivity index is 1.49. The highest BCUT2D eigenvalue weighted by molar-refractivity contribution is 6.58. The molecule has 1 fully saturated rings. The lowest BCUT2D eigenvalue weighted by atomic mass is 9.99. The summed E-state index contributed by atoms with van der Waals surface area (Å²) in [4.78, 5) is 49.6. The number of benzene rings is 3. The Kier molecular flexibility index (Phi) is 13.8. The van der Waals surface area contributed by atoms with E-state index < -0.39 is 17.7 Å². The number of rotatable bonds is 12. The molecular formula is C32H33B3Cl2N6O4. The summed E-state index contributed by atoms with van der Waals surface area (Å²) in [5, 5.41) is 8.15. The molecule has 3 aromatic rings. The van der Waals surface area contributed by atoms with E-state index in [1.807, 2.05) is 12.1 Å². The van der Waals surface area contributed by atoms with Crippen molar-refractivity contribution in [2.24, 2.45) is 9.98 Å². The van der Waals surface area contributed by atoms with E-state index in [0.717, 1.165) is 19.4 Å². The molecule has 10 nitrogen and oxygen atoms in total. The number of nitrogens with zero attached hydrogens (tertiary/aromatic N) is 4. The maximum absolute atomic E-state index is 14.1. The molecule has 1 heterocycles. The topological polar surface area (TPSA) is 116 Å². The van der Waals surface area contributed by atoms with Crippen molar-refractivity contribution in [2.75, 3.05) is 32.7 Å². The number of nitrogens with one attached hydrogen (secondary N) is 2. The summed E-state index contributed by atoms with van der Waals surface area (Å²) in [7, 11) is 15.7. The highest BCUT2D eigenvalue weighted by Gasteiger charge is 2.34. The zero-order valence-corrected chi connectivity index (χ0v) is 27.3. The summed E-state index contributed by atoms with van der Waals surface area (Å²) in [5.41, 5.74) is 1.88. The molecule has 1 saturated heterocycles. The first-order valence-corrected chi connectivity index (χ1v) is 15.9. The number of halogens is 2. The van der Waals surface area contributed by atoms with E-state index in [-0.39, 0.29) is 30.9 Å². The van der Waals surface area contributed by atoms with Crippen molar-refractivity contribution in [1.82, 2.24) is 20.4 Å². The van der Waals surface area contributed by atoms with Gasteiger partial charge in [0.15, 0.2) is 18.0 Å². The lowest BCUT2D eigenvalue weighted by Crippen LogP contribution is -2.60. The van der Waals surface area contributed by atoms with Gasteiger partial charge in [-0.05, 0) is 53.3 Å². The number of piperazine rings is 1. The fourth-order valence-electron chi connectivity index (χ4n) is 5.64. The van der Waals surface area contributed by atoms with E-state index in [9.17, 15) is 14.4 Å². The third kappa shape index (κ3) is 11.2. The monoisotopic (exact) mass is 668 g/mol. The molecule has 0 aromatic heterocycles.